The van der Waals surface area contributed by atoms with Crippen molar-refractivity contribution < 1.29 is 4.79 Å². The molecule has 0 bridgehead atoms. The first kappa shape index (κ1) is 15.0. The minimum absolute atomic E-state index is 0.311. The highest BCUT2D eigenvalue weighted by Crippen LogP contribution is 2.29. The molecule has 0 radical (unpaired) electrons. The van der Waals surface area contributed by atoms with Crippen LogP contribution in [0, 0.1) is 0 Å². The molecule has 116 valence electrons. The van der Waals surface area contributed by atoms with E-state index in [1.54, 1.807) is 11.3 Å². The zero-order valence-electron chi connectivity index (χ0n) is 13.0. The Kier molecular flexibility index (Phi) is 4.96. The number of hydrogen-bond donors (Lipinski definition) is 0. The van der Waals surface area contributed by atoms with E-state index in [9.17, 15) is 4.79 Å². The van der Waals surface area contributed by atoms with Gasteiger partial charge in [-0.2, -0.15) is 0 Å². The molecule has 2 aliphatic rings. The maximum Gasteiger partial charge on any atom is 0.236 e. The fourth-order valence-electron chi connectivity index (χ4n) is 3.31. The average Bonchev–Trinajstić information content (AvgIpc) is 3.24. The van der Waals surface area contributed by atoms with Crippen molar-refractivity contribution in [3.63, 3.8) is 0 Å². The molecular weight excluding hydrogens is 280 g/mol. The smallest absolute Gasteiger partial charge is 0.236 e. The summed E-state index contributed by atoms with van der Waals surface area (Å²) in [5, 5.41) is 2.12. The van der Waals surface area contributed by atoms with Crippen LogP contribution in [0.25, 0.3) is 0 Å². The van der Waals surface area contributed by atoms with E-state index in [0.29, 0.717) is 24.5 Å². The van der Waals surface area contributed by atoms with Crippen molar-refractivity contribution in [2.75, 3.05) is 13.6 Å². The average molecular weight is 306 g/mol. The van der Waals surface area contributed by atoms with Crippen LogP contribution in [0.5, 0.6) is 0 Å². The van der Waals surface area contributed by atoms with Gasteiger partial charge in [0.1, 0.15) is 0 Å². The Morgan fingerprint density at radius 2 is 1.95 bits per heavy atom. The standard InChI is InChI=1S/C17H26N2OS/c1-18(14-6-3-2-4-7-14)17(20)13-19(15-9-10-15)12-16-8-5-11-21-16/h5,8,11,14-15H,2-4,6-7,9-10,12-13H2,1H3. The molecule has 3 nitrogen and oxygen atoms in total. The van der Waals surface area contributed by atoms with Gasteiger partial charge in [0.05, 0.1) is 6.54 Å². The summed E-state index contributed by atoms with van der Waals surface area (Å²) in [6.07, 6.45) is 8.80. The number of likely N-dealkylation sites (N-methyl/N-ethyl adjacent to an activating group) is 1. The lowest BCUT2D eigenvalue weighted by Crippen LogP contribution is -2.44. The number of carbonyl (C=O) groups is 1. The summed E-state index contributed by atoms with van der Waals surface area (Å²) in [4.78, 5) is 18.4. The van der Waals surface area contributed by atoms with Crippen LogP contribution in [0.15, 0.2) is 17.5 Å². The van der Waals surface area contributed by atoms with E-state index >= 15 is 0 Å². The second-order valence-corrected chi connectivity index (χ2v) is 7.54. The Morgan fingerprint density at radius 3 is 2.57 bits per heavy atom. The molecular formula is C17H26N2OS. The molecule has 2 fully saturated rings. The van der Waals surface area contributed by atoms with Crippen molar-refractivity contribution in [3.8, 4) is 0 Å². The van der Waals surface area contributed by atoms with E-state index in [1.807, 2.05) is 11.9 Å². The van der Waals surface area contributed by atoms with E-state index in [0.717, 1.165) is 6.54 Å². The quantitative estimate of drug-likeness (QED) is 0.803. The summed E-state index contributed by atoms with van der Waals surface area (Å²) in [6, 6.07) is 5.39. The number of carbonyl (C=O) groups excluding carboxylic acids is 1. The molecule has 21 heavy (non-hydrogen) atoms. The van der Waals surface area contributed by atoms with Crippen LogP contribution in [0.2, 0.25) is 0 Å². The Bertz CT molecular complexity index is 449. The fourth-order valence-corrected chi connectivity index (χ4v) is 4.04. The molecule has 1 aromatic rings. The summed E-state index contributed by atoms with van der Waals surface area (Å²) in [7, 11) is 2.01. The second-order valence-electron chi connectivity index (χ2n) is 6.51. The van der Waals surface area contributed by atoms with Gasteiger partial charge in [0.15, 0.2) is 0 Å². The van der Waals surface area contributed by atoms with Crippen LogP contribution in [0.4, 0.5) is 0 Å². The van der Waals surface area contributed by atoms with Gasteiger partial charge < -0.3 is 4.90 Å². The zero-order valence-corrected chi connectivity index (χ0v) is 13.8. The van der Waals surface area contributed by atoms with Crippen molar-refractivity contribution in [1.82, 2.24) is 9.80 Å². The highest BCUT2D eigenvalue weighted by molar-refractivity contribution is 7.09. The minimum Gasteiger partial charge on any atom is -0.342 e. The third kappa shape index (κ3) is 4.07. The van der Waals surface area contributed by atoms with E-state index in [-0.39, 0.29) is 0 Å². The van der Waals surface area contributed by atoms with Crippen LogP contribution >= 0.6 is 11.3 Å². The molecule has 2 saturated carbocycles. The molecule has 2 aliphatic carbocycles. The Hall–Kier alpha value is -0.870. The predicted octanol–water partition coefficient (Wildman–Crippen LogP) is 3.50. The van der Waals surface area contributed by atoms with Gasteiger partial charge >= 0.3 is 0 Å². The van der Waals surface area contributed by atoms with Crippen molar-refractivity contribution in [2.45, 2.75) is 63.6 Å². The van der Waals surface area contributed by atoms with Crippen molar-refractivity contribution in [3.05, 3.63) is 22.4 Å². The van der Waals surface area contributed by atoms with Gasteiger partial charge in [-0.05, 0) is 37.1 Å². The van der Waals surface area contributed by atoms with Crippen LogP contribution in [0.3, 0.4) is 0 Å². The van der Waals surface area contributed by atoms with E-state index < -0.39 is 0 Å². The van der Waals surface area contributed by atoms with Gasteiger partial charge in [-0.1, -0.05) is 25.3 Å². The van der Waals surface area contributed by atoms with Crippen LogP contribution < -0.4 is 0 Å². The molecule has 1 heterocycles. The first-order valence-corrected chi connectivity index (χ1v) is 9.14. The predicted molar refractivity (Wildman–Crippen MR) is 87.4 cm³/mol. The monoisotopic (exact) mass is 306 g/mol. The van der Waals surface area contributed by atoms with E-state index in [1.165, 1.54) is 49.8 Å². The van der Waals surface area contributed by atoms with Crippen LogP contribution in [-0.2, 0) is 11.3 Å². The highest BCUT2D eigenvalue weighted by Gasteiger charge is 2.32. The maximum atomic E-state index is 12.6. The molecule has 1 aromatic heterocycles. The topological polar surface area (TPSA) is 23.6 Å². The molecule has 0 aromatic carbocycles. The van der Waals surface area contributed by atoms with Crippen molar-refractivity contribution in [2.24, 2.45) is 0 Å². The molecule has 4 heteroatoms. The molecule has 1 amide bonds. The molecule has 0 aliphatic heterocycles. The van der Waals surface area contributed by atoms with Gasteiger partial charge in [-0.15, -0.1) is 11.3 Å². The summed E-state index contributed by atoms with van der Waals surface area (Å²) in [5.74, 6) is 0.311. The number of rotatable bonds is 6. The Balaban J connectivity index is 1.55. The Labute approximate surface area is 131 Å². The summed E-state index contributed by atoms with van der Waals surface area (Å²) in [6.45, 7) is 1.53. The lowest BCUT2D eigenvalue weighted by atomic mass is 9.94. The normalized spacial score (nSPS) is 19.9. The Morgan fingerprint density at radius 1 is 1.19 bits per heavy atom. The molecule has 0 N–H and O–H groups in total. The summed E-state index contributed by atoms with van der Waals surface area (Å²) >= 11 is 1.79. The highest BCUT2D eigenvalue weighted by atomic mass is 32.1. The first-order chi connectivity index (χ1) is 10.2. The van der Waals surface area contributed by atoms with Gasteiger partial charge in [0.25, 0.3) is 0 Å². The maximum absolute atomic E-state index is 12.6. The number of amides is 1. The lowest BCUT2D eigenvalue weighted by molar-refractivity contribution is -0.134. The van der Waals surface area contributed by atoms with Crippen LogP contribution in [0.1, 0.15) is 49.8 Å². The number of nitrogens with zero attached hydrogens (tertiary/aromatic N) is 2. The van der Waals surface area contributed by atoms with Gasteiger partial charge in [0, 0.05) is 30.6 Å². The molecule has 0 saturated heterocycles. The zero-order chi connectivity index (χ0) is 14.7. The van der Waals surface area contributed by atoms with Crippen molar-refractivity contribution >= 4 is 17.2 Å². The largest absolute Gasteiger partial charge is 0.342 e. The number of thiophene rings is 1. The second kappa shape index (κ2) is 6.93. The summed E-state index contributed by atoms with van der Waals surface area (Å²) in [5.41, 5.74) is 0. The van der Waals surface area contributed by atoms with Gasteiger partial charge in [0.2, 0.25) is 5.91 Å². The van der Waals surface area contributed by atoms with E-state index in [4.69, 9.17) is 0 Å². The van der Waals surface area contributed by atoms with Crippen LogP contribution in [-0.4, -0.2) is 41.4 Å². The third-order valence-corrected chi connectivity index (χ3v) is 5.72. The van der Waals surface area contributed by atoms with Gasteiger partial charge in [-0.3, -0.25) is 9.69 Å². The SMILES string of the molecule is CN(C(=O)CN(Cc1cccs1)C1CC1)C1CCCCC1. The van der Waals surface area contributed by atoms with E-state index in [2.05, 4.69) is 22.4 Å². The summed E-state index contributed by atoms with van der Waals surface area (Å²) < 4.78 is 0. The molecule has 0 spiro atoms. The molecule has 0 atom stereocenters. The van der Waals surface area contributed by atoms with Crippen molar-refractivity contribution in [1.29, 1.82) is 0 Å². The minimum atomic E-state index is 0.311. The first-order valence-electron chi connectivity index (χ1n) is 8.26. The molecule has 3 rings (SSSR count). The fraction of sp³-hybridized carbons (Fsp3) is 0.706. The number of hydrogen-bond acceptors (Lipinski definition) is 3. The van der Waals surface area contributed by atoms with Gasteiger partial charge in [-0.25, -0.2) is 0 Å². The third-order valence-electron chi connectivity index (χ3n) is 4.86. The molecule has 0 unspecified atom stereocenters. The lowest BCUT2D eigenvalue weighted by Gasteiger charge is -2.33.